The molecule has 0 atom stereocenters. The summed E-state index contributed by atoms with van der Waals surface area (Å²) < 4.78 is 23.8. The number of methoxy groups -OCH3 is 2. The van der Waals surface area contributed by atoms with Crippen molar-refractivity contribution in [2.24, 2.45) is 0 Å². The number of fused-ring (bicyclic) bond motifs is 6. The average Bonchev–Trinajstić information content (AvgIpc) is 3.34. The highest BCUT2D eigenvalue weighted by atomic mass is 35.5. The van der Waals surface area contributed by atoms with Crippen LogP contribution in [0.15, 0.2) is 54.6 Å². The molecule has 11 heteroatoms. The van der Waals surface area contributed by atoms with E-state index in [1.807, 2.05) is 93.4 Å². The maximum absolute atomic E-state index is 13.8. The number of rotatable bonds is 7. The Morgan fingerprint density at radius 1 is 0.870 bits per heavy atom. The summed E-state index contributed by atoms with van der Waals surface area (Å²) in [5.41, 5.74) is 3.49. The first kappa shape index (κ1) is 31.4. The maximum Gasteiger partial charge on any atom is 0.341 e. The number of amides is 1. The van der Waals surface area contributed by atoms with E-state index in [2.05, 4.69) is 5.32 Å². The molecule has 0 radical (unpaired) electrons. The molecule has 2 aliphatic heterocycles. The lowest BCUT2D eigenvalue weighted by Crippen LogP contribution is -2.33. The van der Waals surface area contributed by atoms with E-state index >= 15 is 0 Å². The summed E-state index contributed by atoms with van der Waals surface area (Å²) in [4.78, 5) is 31.4. The summed E-state index contributed by atoms with van der Waals surface area (Å²) in [6, 6.07) is 16.5. The van der Waals surface area contributed by atoms with Crippen LogP contribution in [-0.2, 0) is 16.9 Å². The Morgan fingerprint density at radius 3 is 1.91 bits per heavy atom. The van der Waals surface area contributed by atoms with Crippen LogP contribution in [-0.4, -0.2) is 54.3 Å². The second-order valence-electron chi connectivity index (χ2n) is 11.6. The second kappa shape index (κ2) is 11.6. The Labute approximate surface area is 277 Å². The monoisotopic (exact) mass is 661 g/mol. The van der Waals surface area contributed by atoms with Gasteiger partial charge in [-0.25, -0.2) is 4.79 Å². The first-order valence-electron chi connectivity index (χ1n) is 14.5. The molecule has 0 aliphatic carbocycles. The highest BCUT2D eigenvalue weighted by Gasteiger charge is 2.56. The summed E-state index contributed by atoms with van der Waals surface area (Å²) in [6.07, 6.45) is 0. The van der Waals surface area contributed by atoms with Gasteiger partial charge in [-0.1, -0.05) is 23.2 Å². The summed E-state index contributed by atoms with van der Waals surface area (Å²) in [5, 5.41) is 2.95. The van der Waals surface area contributed by atoms with Crippen molar-refractivity contribution in [3.8, 4) is 23.0 Å². The van der Waals surface area contributed by atoms with Crippen molar-refractivity contribution in [2.75, 3.05) is 52.2 Å². The molecule has 46 heavy (non-hydrogen) atoms. The molecule has 1 spiro atoms. The molecule has 1 N–H and O–H groups in total. The van der Waals surface area contributed by atoms with Crippen LogP contribution in [0.4, 0.5) is 11.4 Å². The number of halogens is 2. The number of benzene rings is 4. The van der Waals surface area contributed by atoms with Crippen LogP contribution in [0.25, 0.3) is 0 Å². The number of anilines is 2. The molecule has 4 aromatic rings. The van der Waals surface area contributed by atoms with E-state index < -0.39 is 17.5 Å². The molecule has 0 saturated heterocycles. The van der Waals surface area contributed by atoms with Gasteiger partial charge in [0.1, 0.15) is 23.0 Å². The van der Waals surface area contributed by atoms with Crippen molar-refractivity contribution in [3.63, 3.8) is 0 Å². The Bertz CT molecular complexity index is 1840. The van der Waals surface area contributed by atoms with E-state index in [-0.39, 0.29) is 27.7 Å². The van der Waals surface area contributed by atoms with E-state index in [9.17, 15) is 9.59 Å². The van der Waals surface area contributed by atoms with Gasteiger partial charge >= 0.3 is 5.97 Å². The Hall–Kier alpha value is -4.60. The van der Waals surface area contributed by atoms with Crippen molar-refractivity contribution >= 4 is 46.5 Å². The molecule has 1 amide bonds. The fourth-order valence-corrected chi connectivity index (χ4v) is 6.74. The predicted octanol–water partition coefficient (Wildman–Crippen LogP) is 6.95. The van der Waals surface area contributed by atoms with Crippen molar-refractivity contribution in [1.29, 1.82) is 0 Å². The van der Waals surface area contributed by atoms with Crippen LogP contribution in [0.2, 0.25) is 10.0 Å². The lowest BCUT2D eigenvalue weighted by atomic mass is 9.77. The number of carbonyl (C=O) groups is 2. The number of nitrogens with zero attached hydrogens (tertiary/aromatic N) is 2. The number of hydrogen-bond acceptors (Lipinski definition) is 8. The zero-order valence-corrected chi connectivity index (χ0v) is 28.0. The topological polar surface area (TPSA) is 89.6 Å². The summed E-state index contributed by atoms with van der Waals surface area (Å²) >= 11 is 13.9. The SMILES string of the molecule is COc1cc(C)cc(OC)c1CNC(=O)c1cc(Cl)c2c(c1Cl)C(=O)OC21c2ccc(N(C)C)cc2Oc2cc(N(C)C)ccc21. The van der Waals surface area contributed by atoms with Gasteiger partial charge in [-0.3, -0.25) is 4.79 Å². The standard InChI is InChI=1S/C35H33Cl2N3O6/c1-18-12-26(43-6)22(27(13-18)44-7)17-38-33(41)21-16-25(36)31-30(32(21)37)34(42)46-35(31)23-10-8-19(39(2)3)14-28(23)45-29-15-20(40(4)5)9-11-24(29)35/h8-16H,17H2,1-7H3,(H,38,41). The molecule has 2 heterocycles. The molecule has 0 saturated carbocycles. The highest BCUT2D eigenvalue weighted by molar-refractivity contribution is 6.39. The van der Waals surface area contributed by atoms with E-state index in [1.54, 1.807) is 14.2 Å². The Balaban J connectivity index is 1.48. The third-order valence-corrected chi connectivity index (χ3v) is 9.07. The van der Waals surface area contributed by atoms with E-state index in [4.69, 9.17) is 42.1 Å². The lowest BCUT2D eigenvalue weighted by Gasteiger charge is -2.37. The molecule has 4 aromatic carbocycles. The van der Waals surface area contributed by atoms with Gasteiger partial charge in [0.05, 0.1) is 47.5 Å². The molecule has 0 unspecified atom stereocenters. The number of nitrogens with one attached hydrogen (secondary N) is 1. The highest BCUT2D eigenvalue weighted by Crippen LogP contribution is 2.59. The summed E-state index contributed by atoms with van der Waals surface area (Å²) in [6.45, 7) is 1.99. The second-order valence-corrected chi connectivity index (χ2v) is 12.4. The minimum Gasteiger partial charge on any atom is -0.496 e. The van der Waals surface area contributed by atoms with Crippen molar-refractivity contribution in [3.05, 3.63) is 104 Å². The van der Waals surface area contributed by atoms with Crippen LogP contribution in [0.1, 0.15) is 48.5 Å². The number of ether oxygens (including phenoxy) is 4. The normalized spacial score (nSPS) is 13.6. The summed E-state index contributed by atoms with van der Waals surface area (Å²) in [5.74, 6) is 0.896. The Morgan fingerprint density at radius 2 is 1.41 bits per heavy atom. The molecular formula is C35H33Cl2N3O6. The third kappa shape index (κ3) is 4.85. The van der Waals surface area contributed by atoms with Gasteiger partial charge in [-0.05, 0) is 55.0 Å². The molecule has 6 rings (SSSR count). The zero-order chi connectivity index (χ0) is 33.1. The van der Waals surface area contributed by atoms with E-state index in [0.717, 1.165) is 16.9 Å². The van der Waals surface area contributed by atoms with Gasteiger partial charge in [0.15, 0.2) is 5.60 Å². The van der Waals surface area contributed by atoms with Gasteiger partial charge < -0.3 is 34.1 Å². The molecule has 9 nitrogen and oxygen atoms in total. The largest absolute Gasteiger partial charge is 0.496 e. The van der Waals surface area contributed by atoms with Crippen LogP contribution in [0.5, 0.6) is 23.0 Å². The number of aryl methyl sites for hydroxylation is 1. The van der Waals surface area contributed by atoms with Gasteiger partial charge in [0, 0.05) is 68.4 Å². The van der Waals surface area contributed by atoms with Crippen LogP contribution in [0, 0.1) is 6.92 Å². The molecular weight excluding hydrogens is 629 g/mol. The lowest BCUT2D eigenvalue weighted by molar-refractivity contribution is 0.0225. The number of esters is 1. The maximum atomic E-state index is 13.8. The molecule has 0 aromatic heterocycles. The smallest absolute Gasteiger partial charge is 0.341 e. The average molecular weight is 663 g/mol. The fourth-order valence-electron chi connectivity index (χ4n) is 6.09. The first-order chi connectivity index (χ1) is 21.9. The van der Waals surface area contributed by atoms with Crippen LogP contribution < -0.4 is 29.3 Å². The molecule has 2 aliphatic rings. The molecule has 238 valence electrons. The van der Waals surface area contributed by atoms with Crippen molar-refractivity contribution < 1.29 is 28.5 Å². The van der Waals surface area contributed by atoms with Gasteiger partial charge in [-0.2, -0.15) is 0 Å². The van der Waals surface area contributed by atoms with Gasteiger partial charge in [0.2, 0.25) is 0 Å². The van der Waals surface area contributed by atoms with E-state index in [1.165, 1.54) is 6.07 Å². The third-order valence-electron chi connectivity index (χ3n) is 8.38. The van der Waals surface area contributed by atoms with Crippen molar-refractivity contribution in [2.45, 2.75) is 19.1 Å². The zero-order valence-electron chi connectivity index (χ0n) is 26.5. The van der Waals surface area contributed by atoms with E-state index in [0.29, 0.717) is 45.3 Å². The fraction of sp³-hybridized carbons (Fsp3) is 0.257. The first-order valence-corrected chi connectivity index (χ1v) is 15.2. The summed E-state index contributed by atoms with van der Waals surface area (Å²) in [7, 11) is 10.8. The van der Waals surface area contributed by atoms with Crippen LogP contribution >= 0.6 is 23.2 Å². The minimum absolute atomic E-state index is 0.0250. The minimum atomic E-state index is -1.47. The number of hydrogen-bond donors (Lipinski definition) is 1. The molecule has 0 fully saturated rings. The quantitative estimate of drug-likeness (QED) is 0.213. The van der Waals surface area contributed by atoms with Crippen LogP contribution in [0.3, 0.4) is 0 Å². The number of carbonyl (C=O) groups excluding carboxylic acids is 2. The Kier molecular flexibility index (Phi) is 7.94. The van der Waals surface area contributed by atoms with Gasteiger partial charge in [-0.15, -0.1) is 0 Å². The predicted molar refractivity (Wildman–Crippen MR) is 179 cm³/mol. The van der Waals surface area contributed by atoms with Gasteiger partial charge in [0.25, 0.3) is 5.91 Å². The van der Waals surface area contributed by atoms with Crippen molar-refractivity contribution in [1.82, 2.24) is 5.32 Å². The molecule has 0 bridgehead atoms.